The van der Waals surface area contributed by atoms with E-state index in [4.69, 9.17) is 4.74 Å². The zero-order valence-electron chi connectivity index (χ0n) is 10.1. The molecule has 5 heteroatoms. The quantitative estimate of drug-likeness (QED) is 0.710. The molecular weight excluding hydrogens is 309 g/mol. The Morgan fingerprint density at radius 1 is 1.32 bits per heavy atom. The van der Waals surface area contributed by atoms with Crippen molar-refractivity contribution in [3.8, 4) is 22.8 Å². The molecule has 0 saturated carbocycles. The van der Waals surface area contributed by atoms with Crippen molar-refractivity contribution in [2.75, 3.05) is 7.11 Å². The molecule has 4 nitrogen and oxygen atoms in total. The number of methoxy groups -OCH3 is 1. The molecule has 1 aromatic carbocycles. The minimum atomic E-state index is -0.214. The van der Waals surface area contributed by atoms with Crippen LogP contribution in [0.15, 0.2) is 38.9 Å². The summed E-state index contributed by atoms with van der Waals surface area (Å²) in [6.07, 6.45) is 0. The van der Waals surface area contributed by atoms with E-state index < -0.39 is 0 Å². The second-order valence-electron chi connectivity index (χ2n) is 4.10. The van der Waals surface area contributed by atoms with Crippen LogP contribution in [0.1, 0.15) is 0 Å². The Kier molecular flexibility index (Phi) is 2.93. The van der Waals surface area contributed by atoms with E-state index in [1.54, 1.807) is 12.1 Å². The van der Waals surface area contributed by atoms with Gasteiger partial charge in [0, 0.05) is 0 Å². The summed E-state index contributed by atoms with van der Waals surface area (Å²) in [5, 5.41) is 10.3. The first-order valence-electron chi connectivity index (χ1n) is 5.66. The molecule has 2 heterocycles. The predicted molar refractivity (Wildman–Crippen MR) is 75.2 cm³/mol. The van der Waals surface area contributed by atoms with Crippen molar-refractivity contribution >= 4 is 25.4 Å². The molecule has 0 radical (unpaired) electrons. The topological polar surface area (TPSA) is 62.3 Å². The van der Waals surface area contributed by atoms with Crippen LogP contribution in [0, 0.1) is 0 Å². The summed E-state index contributed by atoms with van der Waals surface area (Å²) in [5.41, 5.74) is 2.19. The van der Waals surface area contributed by atoms with E-state index in [0.717, 1.165) is 11.3 Å². The Hall–Kier alpha value is -1.97. The summed E-state index contributed by atoms with van der Waals surface area (Å²) >= 11 is 0.364. The third-order valence-corrected chi connectivity index (χ3v) is 4.42. The fourth-order valence-electron chi connectivity index (χ4n) is 2.05. The first-order valence-corrected chi connectivity index (χ1v) is 7.64. The standard InChI is InChI=1S/C14H11NO3Se/c1-18-12-3-2-9-13(14(12)17)11(16)6-10(15-9)8-4-5-19-7-8/h2-7,17H,1H3,(H,15,16). The molecule has 0 atom stereocenters. The third-order valence-electron chi connectivity index (χ3n) is 2.98. The fourth-order valence-corrected chi connectivity index (χ4v) is 3.42. The van der Waals surface area contributed by atoms with Crippen LogP contribution in [-0.4, -0.2) is 31.7 Å². The summed E-state index contributed by atoms with van der Waals surface area (Å²) in [6.45, 7) is 0. The van der Waals surface area contributed by atoms with E-state index in [9.17, 15) is 9.90 Å². The summed E-state index contributed by atoms with van der Waals surface area (Å²) in [4.78, 5) is 19.5. The molecule has 0 bridgehead atoms. The van der Waals surface area contributed by atoms with Crippen molar-refractivity contribution < 1.29 is 9.84 Å². The van der Waals surface area contributed by atoms with Gasteiger partial charge in [0.15, 0.2) is 0 Å². The number of benzene rings is 1. The van der Waals surface area contributed by atoms with Gasteiger partial charge in [0.25, 0.3) is 0 Å². The van der Waals surface area contributed by atoms with Gasteiger partial charge in [-0.2, -0.15) is 0 Å². The Labute approximate surface area is 115 Å². The fraction of sp³-hybridized carbons (Fsp3) is 0.0714. The number of aromatic nitrogens is 1. The average molecular weight is 320 g/mol. The van der Waals surface area contributed by atoms with Crippen molar-refractivity contribution in [3.05, 3.63) is 44.4 Å². The monoisotopic (exact) mass is 321 g/mol. The van der Waals surface area contributed by atoms with Crippen LogP contribution < -0.4 is 10.2 Å². The maximum atomic E-state index is 12.2. The molecule has 0 amide bonds. The predicted octanol–water partition coefficient (Wildman–Crippen LogP) is 1.97. The van der Waals surface area contributed by atoms with Gasteiger partial charge in [0.05, 0.1) is 0 Å². The average Bonchev–Trinajstić information content (AvgIpc) is 2.92. The molecule has 2 N–H and O–H groups in total. The summed E-state index contributed by atoms with van der Waals surface area (Å²) in [5.74, 6) is 0.182. The number of hydrogen-bond donors (Lipinski definition) is 2. The molecule has 0 unspecified atom stereocenters. The van der Waals surface area contributed by atoms with Crippen molar-refractivity contribution in [3.63, 3.8) is 0 Å². The number of pyridine rings is 1. The zero-order chi connectivity index (χ0) is 13.4. The number of fused-ring (bicyclic) bond motifs is 1. The second-order valence-corrected chi connectivity index (χ2v) is 5.73. The summed E-state index contributed by atoms with van der Waals surface area (Å²) in [6, 6.07) is 6.89. The van der Waals surface area contributed by atoms with E-state index in [-0.39, 0.29) is 16.6 Å². The van der Waals surface area contributed by atoms with Crippen molar-refractivity contribution in [2.45, 2.75) is 0 Å². The molecule has 3 rings (SSSR count). The van der Waals surface area contributed by atoms with Crippen molar-refractivity contribution in [1.82, 2.24) is 4.98 Å². The van der Waals surface area contributed by atoms with E-state index in [1.165, 1.54) is 13.2 Å². The van der Waals surface area contributed by atoms with Gasteiger partial charge in [-0.15, -0.1) is 0 Å². The third kappa shape index (κ3) is 1.97. The van der Waals surface area contributed by atoms with E-state index >= 15 is 0 Å². The van der Waals surface area contributed by atoms with Gasteiger partial charge in [-0.3, -0.25) is 0 Å². The zero-order valence-corrected chi connectivity index (χ0v) is 11.8. The van der Waals surface area contributed by atoms with Crippen LogP contribution in [0.3, 0.4) is 0 Å². The molecule has 0 aliphatic carbocycles. The SMILES string of the molecule is COc1ccc2[nH]c(-c3cc[se]c3)cc(=O)c2c1O. The Morgan fingerprint density at radius 2 is 2.16 bits per heavy atom. The number of ether oxygens (including phenoxy) is 1. The molecule has 0 spiro atoms. The Bertz CT molecular complexity index is 790. The number of nitrogens with one attached hydrogen (secondary N) is 1. The number of H-pyrrole nitrogens is 1. The van der Waals surface area contributed by atoms with Crippen LogP contribution in [0.2, 0.25) is 0 Å². The van der Waals surface area contributed by atoms with Gasteiger partial charge in [0.1, 0.15) is 0 Å². The molecule has 0 saturated heterocycles. The number of aromatic hydroxyl groups is 1. The van der Waals surface area contributed by atoms with E-state index in [2.05, 4.69) is 14.9 Å². The van der Waals surface area contributed by atoms with Crippen molar-refractivity contribution in [2.24, 2.45) is 0 Å². The van der Waals surface area contributed by atoms with Gasteiger partial charge in [-0.1, -0.05) is 0 Å². The number of hydrogen-bond acceptors (Lipinski definition) is 3. The molecule has 0 fully saturated rings. The normalized spacial score (nSPS) is 10.8. The number of aromatic amines is 1. The van der Waals surface area contributed by atoms with Crippen LogP contribution in [0.5, 0.6) is 11.5 Å². The minimum absolute atomic E-state index is 0.118. The molecular formula is C14H11NO3Se. The van der Waals surface area contributed by atoms with Crippen molar-refractivity contribution in [1.29, 1.82) is 0 Å². The molecule has 0 aliphatic heterocycles. The van der Waals surface area contributed by atoms with E-state index in [1.807, 2.05) is 6.07 Å². The van der Waals surface area contributed by atoms with Crippen LogP contribution in [-0.2, 0) is 0 Å². The summed E-state index contributed by atoms with van der Waals surface area (Å²) < 4.78 is 5.02. The maximum absolute atomic E-state index is 12.2. The Balaban J connectivity index is 2.32. The van der Waals surface area contributed by atoms with Crippen LogP contribution >= 0.6 is 0 Å². The van der Waals surface area contributed by atoms with Gasteiger partial charge in [0.2, 0.25) is 0 Å². The van der Waals surface area contributed by atoms with Crippen LogP contribution in [0.25, 0.3) is 22.2 Å². The summed E-state index contributed by atoms with van der Waals surface area (Å²) in [7, 11) is 1.46. The second kappa shape index (κ2) is 4.61. The van der Waals surface area contributed by atoms with Crippen LogP contribution in [0.4, 0.5) is 0 Å². The number of phenolic OH excluding ortho intramolecular Hbond substituents is 1. The van der Waals surface area contributed by atoms with E-state index in [0.29, 0.717) is 25.8 Å². The molecule has 19 heavy (non-hydrogen) atoms. The Morgan fingerprint density at radius 3 is 2.84 bits per heavy atom. The molecule has 3 aromatic rings. The number of phenols is 1. The number of rotatable bonds is 2. The van der Waals surface area contributed by atoms with Gasteiger partial charge in [-0.05, 0) is 0 Å². The van der Waals surface area contributed by atoms with Gasteiger partial charge in [-0.25, -0.2) is 0 Å². The molecule has 2 aromatic heterocycles. The van der Waals surface area contributed by atoms with Gasteiger partial charge < -0.3 is 0 Å². The van der Waals surface area contributed by atoms with Gasteiger partial charge >= 0.3 is 114 Å². The molecule has 96 valence electrons. The first kappa shape index (κ1) is 12.1. The first-order chi connectivity index (χ1) is 9.20. The molecule has 0 aliphatic rings.